The van der Waals surface area contributed by atoms with Crippen molar-refractivity contribution in [2.24, 2.45) is 0 Å². The van der Waals surface area contributed by atoms with Gasteiger partial charge in [-0.1, -0.05) is 6.07 Å². The van der Waals surface area contributed by atoms with Gasteiger partial charge in [-0.3, -0.25) is 4.79 Å². The maximum absolute atomic E-state index is 13.8. The molecular formula is C17H16F2N2O3S. The molecule has 0 saturated heterocycles. The van der Waals surface area contributed by atoms with Gasteiger partial charge < -0.3 is 5.32 Å². The molecule has 2 N–H and O–H groups in total. The molecule has 0 saturated carbocycles. The number of nitrogens with one attached hydrogen (secondary N) is 2. The molecule has 132 valence electrons. The number of rotatable bonds is 4. The minimum atomic E-state index is -3.95. The standard InChI is InChI=1S/C17H16F2N2O3S/c1-9-14-8-12(4-6-16(14)20-17(9)22)25(23,24)21-10(2)13-5-3-11(18)7-15(13)19/h3-10,21H,1-2H3,(H,20,22)/t9-,10-/m0/s1. The predicted octanol–water partition coefficient (Wildman–Crippen LogP) is 3.06. The van der Waals surface area contributed by atoms with Gasteiger partial charge in [0, 0.05) is 23.4 Å². The van der Waals surface area contributed by atoms with Gasteiger partial charge in [0.15, 0.2) is 0 Å². The van der Waals surface area contributed by atoms with Crippen molar-refractivity contribution in [2.45, 2.75) is 30.7 Å². The summed E-state index contributed by atoms with van der Waals surface area (Å²) in [5.41, 5.74) is 1.21. The van der Waals surface area contributed by atoms with Gasteiger partial charge >= 0.3 is 0 Å². The minimum Gasteiger partial charge on any atom is -0.325 e. The number of carbonyl (C=O) groups is 1. The van der Waals surface area contributed by atoms with Crippen LogP contribution < -0.4 is 10.0 Å². The van der Waals surface area contributed by atoms with E-state index in [0.29, 0.717) is 17.3 Å². The van der Waals surface area contributed by atoms with E-state index < -0.39 is 33.6 Å². The van der Waals surface area contributed by atoms with E-state index in [9.17, 15) is 22.0 Å². The highest BCUT2D eigenvalue weighted by molar-refractivity contribution is 7.89. The fraction of sp³-hybridized carbons (Fsp3) is 0.235. The Kier molecular flexibility index (Phi) is 4.34. The number of sulfonamides is 1. The molecule has 2 atom stereocenters. The molecule has 1 heterocycles. The van der Waals surface area contributed by atoms with E-state index in [1.807, 2.05) is 0 Å². The Bertz CT molecular complexity index is 960. The van der Waals surface area contributed by atoms with Crippen molar-refractivity contribution in [2.75, 3.05) is 5.32 Å². The lowest BCUT2D eigenvalue weighted by atomic mass is 10.0. The molecule has 0 aromatic heterocycles. The van der Waals surface area contributed by atoms with Crippen LogP contribution in [0.25, 0.3) is 0 Å². The number of carbonyl (C=O) groups excluding carboxylic acids is 1. The zero-order valence-electron chi connectivity index (χ0n) is 13.5. The number of benzene rings is 2. The van der Waals surface area contributed by atoms with Crippen molar-refractivity contribution in [1.82, 2.24) is 4.72 Å². The minimum absolute atomic E-state index is 0.0241. The lowest BCUT2D eigenvalue weighted by Crippen LogP contribution is -2.27. The first-order chi connectivity index (χ1) is 11.7. The lowest BCUT2D eigenvalue weighted by Gasteiger charge is -2.16. The second-order valence-electron chi connectivity index (χ2n) is 5.97. The highest BCUT2D eigenvalue weighted by Crippen LogP contribution is 2.34. The van der Waals surface area contributed by atoms with Crippen molar-refractivity contribution in [1.29, 1.82) is 0 Å². The molecule has 1 amide bonds. The third-order valence-electron chi connectivity index (χ3n) is 4.21. The summed E-state index contributed by atoms with van der Waals surface area (Å²) in [7, 11) is -3.95. The molecule has 0 radical (unpaired) electrons. The Hall–Kier alpha value is -2.32. The van der Waals surface area contributed by atoms with Crippen molar-refractivity contribution in [3.8, 4) is 0 Å². The topological polar surface area (TPSA) is 75.3 Å². The van der Waals surface area contributed by atoms with Crippen LogP contribution in [-0.2, 0) is 14.8 Å². The van der Waals surface area contributed by atoms with Crippen LogP contribution in [-0.4, -0.2) is 14.3 Å². The fourth-order valence-electron chi connectivity index (χ4n) is 2.78. The molecule has 1 aliphatic heterocycles. The van der Waals surface area contributed by atoms with Crippen LogP contribution in [0.2, 0.25) is 0 Å². The molecule has 0 fully saturated rings. The summed E-state index contributed by atoms with van der Waals surface area (Å²) in [5.74, 6) is -2.20. The normalized spacial score (nSPS) is 17.9. The summed E-state index contributed by atoms with van der Waals surface area (Å²) in [5, 5.41) is 2.67. The Labute approximate surface area is 144 Å². The first-order valence-electron chi connectivity index (χ1n) is 7.61. The van der Waals surface area contributed by atoms with Gasteiger partial charge in [0.2, 0.25) is 15.9 Å². The highest BCUT2D eigenvalue weighted by atomic mass is 32.2. The molecule has 0 aliphatic carbocycles. The van der Waals surface area contributed by atoms with Crippen molar-refractivity contribution >= 4 is 21.6 Å². The molecule has 1 aliphatic rings. The summed E-state index contributed by atoms with van der Waals surface area (Å²) >= 11 is 0. The second kappa shape index (κ2) is 6.20. The van der Waals surface area contributed by atoms with Gasteiger partial charge in [-0.25, -0.2) is 21.9 Å². The zero-order valence-corrected chi connectivity index (χ0v) is 14.3. The number of amides is 1. The predicted molar refractivity (Wildman–Crippen MR) is 88.6 cm³/mol. The van der Waals surface area contributed by atoms with Gasteiger partial charge in [0.05, 0.1) is 10.8 Å². The van der Waals surface area contributed by atoms with Gasteiger partial charge in [0.25, 0.3) is 0 Å². The van der Waals surface area contributed by atoms with Crippen LogP contribution in [0.3, 0.4) is 0 Å². The summed E-state index contributed by atoms with van der Waals surface area (Å²) in [6.07, 6.45) is 0. The highest BCUT2D eigenvalue weighted by Gasteiger charge is 2.29. The van der Waals surface area contributed by atoms with Crippen LogP contribution in [0.4, 0.5) is 14.5 Å². The maximum atomic E-state index is 13.8. The van der Waals surface area contributed by atoms with E-state index in [1.54, 1.807) is 6.92 Å². The molecule has 3 rings (SSSR count). The van der Waals surface area contributed by atoms with Crippen molar-refractivity contribution < 1.29 is 22.0 Å². The van der Waals surface area contributed by atoms with Gasteiger partial charge in [-0.05, 0) is 43.7 Å². The van der Waals surface area contributed by atoms with Gasteiger partial charge in [0.1, 0.15) is 11.6 Å². The quantitative estimate of drug-likeness (QED) is 0.873. The molecule has 25 heavy (non-hydrogen) atoms. The Balaban J connectivity index is 1.89. The SMILES string of the molecule is C[C@H](NS(=O)(=O)c1ccc2c(c1)[C@H](C)C(=O)N2)c1ccc(F)cc1F. The zero-order chi connectivity index (χ0) is 18.4. The summed E-state index contributed by atoms with van der Waals surface area (Å²) < 4.78 is 54.3. The Morgan fingerprint density at radius 3 is 2.56 bits per heavy atom. The Morgan fingerprint density at radius 1 is 1.16 bits per heavy atom. The number of anilines is 1. The van der Waals surface area contributed by atoms with Gasteiger partial charge in [-0.15, -0.1) is 0 Å². The number of hydrogen-bond acceptors (Lipinski definition) is 3. The van der Waals surface area contributed by atoms with Gasteiger partial charge in [-0.2, -0.15) is 0 Å². The molecule has 0 unspecified atom stereocenters. The van der Waals surface area contributed by atoms with E-state index in [-0.39, 0.29) is 16.4 Å². The summed E-state index contributed by atoms with van der Waals surface area (Å²) in [4.78, 5) is 11.6. The van der Waals surface area contributed by atoms with E-state index in [2.05, 4.69) is 10.0 Å². The second-order valence-corrected chi connectivity index (χ2v) is 7.68. The van der Waals surface area contributed by atoms with Crippen LogP contribution >= 0.6 is 0 Å². The fourth-order valence-corrected chi connectivity index (χ4v) is 4.04. The third-order valence-corrected chi connectivity index (χ3v) is 5.75. The third kappa shape index (κ3) is 3.27. The largest absolute Gasteiger partial charge is 0.325 e. The molecule has 2 aromatic rings. The smallest absolute Gasteiger partial charge is 0.241 e. The van der Waals surface area contributed by atoms with Crippen LogP contribution in [0, 0.1) is 11.6 Å². The van der Waals surface area contributed by atoms with E-state index in [4.69, 9.17) is 0 Å². The first-order valence-corrected chi connectivity index (χ1v) is 9.09. The van der Waals surface area contributed by atoms with Crippen LogP contribution in [0.1, 0.15) is 36.9 Å². The van der Waals surface area contributed by atoms with Crippen LogP contribution in [0.5, 0.6) is 0 Å². The molecule has 0 spiro atoms. The molecule has 0 bridgehead atoms. The average Bonchev–Trinajstić information content (AvgIpc) is 2.81. The van der Waals surface area contributed by atoms with E-state index in [1.165, 1.54) is 31.2 Å². The Morgan fingerprint density at radius 2 is 1.88 bits per heavy atom. The number of halogens is 2. The molecule has 2 aromatic carbocycles. The summed E-state index contributed by atoms with van der Waals surface area (Å²) in [6, 6.07) is 6.39. The maximum Gasteiger partial charge on any atom is 0.241 e. The first kappa shape index (κ1) is 17.5. The van der Waals surface area contributed by atoms with Crippen LogP contribution in [0.15, 0.2) is 41.3 Å². The summed E-state index contributed by atoms with van der Waals surface area (Å²) in [6.45, 7) is 3.15. The average molecular weight is 366 g/mol. The monoisotopic (exact) mass is 366 g/mol. The number of hydrogen-bond donors (Lipinski definition) is 2. The van der Waals surface area contributed by atoms with E-state index >= 15 is 0 Å². The van der Waals surface area contributed by atoms with E-state index in [0.717, 1.165) is 6.07 Å². The molecule has 8 heteroatoms. The van der Waals surface area contributed by atoms with Crippen molar-refractivity contribution in [3.63, 3.8) is 0 Å². The van der Waals surface area contributed by atoms with Crippen molar-refractivity contribution in [3.05, 3.63) is 59.2 Å². The molecular weight excluding hydrogens is 350 g/mol. The molecule has 5 nitrogen and oxygen atoms in total. The lowest BCUT2D eigenvalue weighted by molar-refractivity contribution is -0.116. The number of fused-ring (bicyclic) bond motifs is 1.